The van der Waals surface area contributed by atoms with E-state index in [0.717, 1.165) is 28.8 Å². The highest BCUT2D eigenvalue weighted by atomic mass is 79.9. The number of hydrogen-bond donors (Lipinski definition) is 1. The SMILES string of the molecule is CNC(c1cc(Br)c(C)cc1OC)C1OCCC1C. The fourth-order valence-corrected chi connectivity index (χ4v) is 3.09. The average Bonchev–Trinajstić information content (AvgIpc) is 2.81. The minimum absolute atomic E-state index is 0.157. The molecule has 106 valence electrons. The molecule has 1 aliphatic heterocycles. The number of aryl methyl sites for hydroxylation is 1. The summed E-state index contributed by atoms with van der Waals surface area (Å²) in [5.41, 5.74) is 2.33. The maximum Gasteiger partial charge on any atom is 0.124 e. The van der Waals surface area contributed by atoms with Crippen molar-refractivity contribution >= 4 is 15.9 Å². The van der Waals surface area contributed by atoms with Gasteiger partial charge in [-0.3, -0.25) is 0 Å². The van der Waals surface area contributed by atoms with Gasteiger partial charge >= 0.3 is 0 Å². The topological polar surface area (TPSA) is 30.5 Å². The molecule has 0 radical (unpaired) electrons. The summed E-state index contributed by atoms with van der Waals surface area (Å²) in [6.45, 7) is 5.16. The van der Waals surface area contributed by atoms with Crippen LogP contribution in [0.2, 0.25) is 0 Å². The summed E-state index contributed by atoms with van der Waals surface area (Å²) in [4.78, 5) is 0. The molecular weight excluding hydrogens is 306 g/mol. The van der Waals surface area contributed by atoms with E-state index in [2.05, 4.69) is 47.2 Å². The third kappa shape index (κ3) is 2.96. The zero-order valence-corrected chi connectivity index (χ0v) is 13.6. The number of likely N-dealkylation sites (N-methyl/N-ethyl adjacent to an activating group) is 1. The van der Waals surface area contributed by atoms with Gasteiger partial charge in [0, 0.05) is 16.6 Å². The molecule has 0 aromatic heterocycles. The Hall–Kier alpha value is -0.580. The summed E-state index contributed by atoms with van der Waals surface area (Å²) in [5.74, 6) is 1.48. The van der Waals surface area contributed by atoms with Gasteiger partial charge < -0.3 is 14.8 Å². The standard InChI is InChI=1S/C15H22BrNO2/c1-9-5-6-19-15(9)14(17-3)11-8-12(16)10(2)7-13(11)18-4/h7-9,14-15,17H,5-6H2,1-4H3. The minimum atomic E-state index is 0.157. The first-order chi connectivity index (χ1) is 9.08. The highest BCUT2D eigenvalue weighted by Gasteiger charge is 2.33. The Morgan fingerprint density at radius 1 is 1.47 bits per heavy atom. The highest BCUT2D eigenvalue weighted by molar-refractivity contribution is 9.10. The van der Waals surface area contributed by atoms with Gasteiger partial charge in [0.1, 0.15) is 5.75 Å². The van der Waals surface area contributed by atoms with Crippen molar-refractivity contribution < 1.29 is 9.47 Å². The summed E-state index contributed by atoms with van der Waals surface area (Å²) in [6.07, 6.45) is 1.33. The predicted molar refractivity (Wildman–Crippen MR) is 80.8 cm³/mol. The molecule has 1 heterocycles. The quantitative estimate of drug-likeness (QED) is 0.918. The fourth-order valence-electron chi connectivity index (χ4n) is 2.73. The van der Waals surface area contributed by atoms with E-state index in [1.807, 2.05) is 7.05 Å². The normalized spacial score (nSPS) is 24.5. The number of halogens is 1. The van der Waals surface area contributed by atoms with E-state index in [0.29, 0.717) is 5.92 Å². The number of methoxy groups -OCH3 is 1. The number of rotatable bonds is 4. The first-order valence-electron chi connectivity index (χ1n) is 6.71. The van der Waals surface area contributed by atoms with Gasteiger partial charge in [-0.1, -0.05) is 22.9 Å². The minimum Gasteiger partial charge on any atom is -0.496 e. The van der Waals surface area contributed by atoms with Gasteiger partial charge in [0.2, 0.25) is 0 Å². The Morgan fingerprint density at radius 2 is 2.21 bits per heavy atom. The summed E-state index contributed by atoms with van der Waals surface area (Å²) >= 11 is 3.61. The first-order valence-corrected chi connectivity index (χ1v) is 7.50. The van der Waals surface area contributed by atoms with Crippen LogP contribution in [0.4, 0.5) is 0 Å². The summed E-state index contributed by atoms with van der Waals surface area (Å²) in [5, 5.41) is 3.39. The molecule has 0 aliphatic carbocycles. The van der Waals surface area contributed by atoms with Crippen LogP contribution < -0.4 is 10.1 Å². The molecule has 0 amide bonds. The Morgan fingerprint density at radius 3 is 2.74 bits per heavy atom. The zero-order chi connectivity index (χ0) is 14.0. The molecular formula is C15H22BrNO2. The van der Waals surface area contributed by atoms with Crippen LogP contribution in [0.3, 0.4) is 0 Å². The molecule has 0 spiro atoms. The Labute approximate surface area is 123 Å². The zero-order valence-electron chi connectivity index (χ0n) is 12.0. The second-order valence-corrected chi connectivity index (χ2v) is 6.07. The van der Waals surface area contributed by atoms with Crippen LogP contribution in [0.15, 0.2) is 16.6 Å². The van der Waals surface area contributed by atoms with Crippen LogP contribution in [-0.2, 0) is 4.74 Å². The van der Waals surface area contributed by atoms with Crippen molar-refractivity contribution in [1.29, 1.82) is 0 Å². The van der Waals surface area contributed by atoms with Crippen LogP contribution in [0.25, 0.3) is 0 Å². The second kappa shape index (κ2) is 6.25. The lowest BCUT2D eigenvalue weighted by molar-refractivity contribution is 0.0623. The predicted octanol–water partition coefficient (Wildman–Crippen LogP) is 3.45. The van der Waals surface area contributed by atoms with Crippen LogP contribution in [0.1, 0.15) is 30.5 Å². The molecule has 1 aromatic rings. The molecule has 1 aromatic carbocycles. The van der Waals surface area contributed by atoms with E-state index in [9.17, 15) is 0 Å². The average molecular weight is 328 g/mol. The smallest absolute Gasteiger partial charge is 0.124 e. The molecule has 3 unspecified atom stereocenters. The highest BCUT2D eigenvalue weighted by Crippen LogP contribution is 2.37. The number of nitrogens with one attached hydrogen (secondary N) is 1. The first kappa shape index (κ1) is 14.8. The van der Waals surface area contributed by atoms with Crippen molar-refractivity contribution in [2.75, 3.05) is 20.8 Å². The van der Waals surface area contributed by atoms with Gasteiger partial charge in [-0.25, -0.2) is 0 Å². The van der Waals surface area contributed by atoms with Crippen molar-refractivity contribution in [2.45, 2.75) is 32.4 Å². The van der Waals surface area contributed by atoms with Gasteiger partial charge in [-0.15, -0.1) is 0 Å². The molecule has 3 nitrogen and oxygen atoms in total. The Kier molecular flexibility index (Phi) is 4.87. The van der Waals surface area contributed by atoms with E-state index < -0.39 is 0 Å². The van der Waals surface area contributed by atoms with Crippen molar-refractivity contribution in [3.05, 3.63) is 27.7 Å². The molecule has 4 heteroatoms. The monoisotopic (exact) mass is 327 g/mol. The van der Waals surface area contributed by atoms with E-state index in [1.54, 1.807) is 7.11 Å². The van der Waals surface area contributed by atoms with Gasteiger partial charge in [-0.05, 0) is 44.0 Å². The number of hydrogen-bond acceptors (Lipinski definition) is 3. The van der Waals surface area contributed by atoms with Crippen LogP contribution >= 0.6 is 15.9 Å². The molecule has 3 atom stereocenters. The molecule has 2 rings (SSSR count). The lowest BCUT2D eigenvalue weighted by atomic mass is 9.91. The maximum absolute atomic E-state index is 5.91. The Balaban J connectivity index is 2.39. The third-order valence-corrected chi connectivity index (χ3v) is 4.78. The molecule has 1 N–H and O–H groups in total. The van der Waals surface area contributed by atoms with E-state index >= 15 is 0 Å². The molecule has 0 saturated carbocycles. The van der Waals surface area contributed by atoms with Gasteiger partial charge in [0.15, 0.2) is 0 Å². The van der Waals surface area contributed by atoms with Crippen LogP contribution in [-0.4, -0.2) is 26.9 Å². The molecule has 1 saturated heterocycles. The molecule has 0 bridgehead atoms. The lowest BCUT2D eigenvalue weighted by Crippen LogP contribution is -2.33. The third-order valence-electron chi connectivity index (χ3n) is 3.93. The number of ether oxygens (including phenoxy) is 2. The second-order valence-electron chi connectivity index (χ2n) is 5.21. The van der Waals surface area contributed by atoms with Crippen LogP contribution in [0.5, 0.6) is 5.75 Å². The van der Waals surface area contributed by atoms with E-state index in [4.69, 9.17) is 9.47 Å². The molecule has 19 heavy (non-hydrogen) atoms. The van der Waals surface area contributed by atoms with Gasteiger partial charge in [-0.2, -0.15) is 0 Å². The summed E-state index contributed by atoms with van der Waals surface area (Å²) in [6, 6.07) is 4.37. The molecule has 1 aliphatic rings. The van der Waals surface area contributed by atoms with E-state index in [1.165, 1.54) is 5.56 Å². The van der Waals surface area contributed by atoms with Gasteiger partial charge in [0.25, 0.3) is 0 Å². The van der Waals surface area contributed by atoms with Gasteiger partial charge in [0.05, 0.1) is 19.3 Å². The van der Waals surface area contributed by atoms with Crippen molar-refractivity contribution in [1.82, 2.24) is 5.32 Å². The van der Waals surface area contributed by atoms with Crippen LogP contribution in [0, 0.1) is 12.8 Å². The van der Waals surface area contributed by atoms with Crippen molar-refractivity contribution in [3.63, 3.8) is 0 Å². The van der Waals surface area contributed by atoms with Crippen molar-refractivity contribution in [3.8, 4) is 5.75 Å². The van der Waals surface area contributed by atoms with E-state index in [-0.39, 0.29) is 12.1 Å². The Bertz CT molecular complexity index is 450. The summed E-state index contributed by atoms with van der Waals surface area (Å²) in [7, 11) is 3.70. The fraction of sp³-hybridized carbons (Fsp3) is 0.600. The lowest BCUT2D eigenvalue weighted by Gasteiger charge is -2.28. The number of benzene rings is 1. The summed E-state index contributed by atoms with van der Waals surface area (Å²) < 4.78 is 12.6. The van der Waals surface area contributed by atoms with Crippen molar-refractivity contribution in [2.24, 2.45) is 5.92 Å². The molecule has 1 fully saturated rings. The largest absolute Gasteiger partial charge is 0.496 e. The maximum atomic E-state index is 5.91.